The summed E-state index contributed by atoms with van der Waals surface area (Å²) in [6, 6.07) is 4.24. The minimum Gasteiger partial charge on any atom is -0.198 e. The third kappa shape index (κ3) is 3.22. The first kappa shape index (κ1) is 10.9. The molecule has 0 aliphatic carbocycles. The van der Waals surface area contributed by atoms with Crippen molar-refractivity contribution in [2.45, 2.75) is 12.8 Å². The van der Waals surface area contributed by atoms with Crippen LogP contribution in [0.3, 0.4) is 0 Å². The van der Waals surface area contributed by atoms with Gasteiger partial charge in [-0.25, -0.2) is 0 Å². The van der Waals surface area contributed by atoms with Gasteiger partial charge in [0.05, 0.1) is 17.6 Å². The second-order valence-corrected chi connectivity index (χ2v) is 3.44. The Bertz CT molecular complexity index is 186. The van der Waals surface area contributed by atoms with Crippen LogP contribution in [-0.4, -0.2) is 10.7 Å². The number of hydrogen-bond donors (Lipinski definition) is 0. The molecule has 0 N–H and O–H groups in total. The average molecular weight is 280 g/mol. The monoisotopic (exact) mass is 278 g/mol. The molecule has 11 heavy (non-hydrogen) atoms. The number of hydrogen-bond acceptors (Lipinski definition) is 2. The number of nitriles is 2. The van der Waals surface area contributed by atoms with Crippen LogP contribution in [-0.2, 0) is 0 Å². The van der Waals surface area contributed by atoms with E-state index in [2.05, 4.69) is 37.9 Å². The Hall–Kier alpha value is -0.0600. The molecule has 0 aliphatic heterocycles. The molecule has 0 radical (unpaired) electrons. The van der Waals surface area contributed by atoms with Crippen LogP contribution in [0.15, 0.2) is 0 Å². The van der Waals surface area contributed by atoms with Gasteiger partial charge in [-0.1, -0.05) is 31.9 Å². The van der Waals surface area contributed by atoms with Crippen LogP contribution in [0, 0.1) is 28.1 Å². The zero-order valence-electron chi connectivity index (χ0n) is 5.98. The summed E-state index contributed by atoms with van der Waals surface area (Å²) < 4.78 is 0. The molecule has 0 amide bonds. The third-order valence-electron chi connectivity index (χ3n) is 1.46. The predicted molar refractivity (Wildman–Crippen MR) is 50.5 cm³/mol. The summed E-state index contributed by atoms with van der Waals surface area (Å²) in [6.07, 6.45) is 1.06. The highest BCUT2D eigenvalue weighted by Crippen LogP contribution is 2.27. The van der Waals surface area contributed by atoms with Gasteiger partial charge in [0.1, 0.15) is 0 Å². The van der Waals surface area contributed by atoms with Gasteiger partial charge in [0.15, 0.2) is 0 Å². The molecule has 0 unspecified atom stereocenters. The molecule has 0 fully saturated rings. The third-order valence-corrected chi connectivity index (χ3v) is 3.61. The molecule has 0 saturated heterocycles. The van der Waals surface area contributed by atoms with Gasteiger partial charge in [-0.05, 0) is 6.42 Å². The number of nitrogens with zero attached hydrogens (tertiary/aromatic N) is 2. The maximum Gasteiger partial charge on any atom is 0.0776 e. The molecule has 0 aromatic carbocycles. The summed E-state index contributed by atoms with van der Waals surface area (Å²) in [5.41, 5.74) is -0.407. The van der Waals surface area contributed by atoms with Gasteiger partial charge in [-0.2, -0.15) is 10.5 Å². The smallest absolute Gasteiger partial charge is 0.0776 e. The summed E-state index contributed by atoms with van der Waals surface area (Å²) in [4.78, 5) is 0. The summed E-state index contributed by atoms with van der Waals surface area (Å²) in [5, 5.41) is 18.3. The fourth-order valence-electron chi connectivity index (χ4n) is 0.580. The predicted octanol–water partition coefficient (Wildman–Crippen LogP) is 2.59. The van der Waals surface area contributed by atoms with E-state index in [0.717, 1.165) is 0 Å². The van der Waals surface area contributed by atoms with E-state index in [1.54, 1.807) is 0 Å². The molecule has 0 atom stereocenters. The van der Waals surface area contributed by atoms with Crippen LogP contribution >= 0.6 is 31.9 Å². The molecule has 0 aromatic rings. The Morgan fingerprint density at radius 3 is 2.00 bits per heavy atom. The van der Waals surface area contributed by atoms with Gasteiger partial charge in [0.2, 0.25) is 0 Å². The van der Waals surface area contributed by atoms with Crippen molar-refractivity contribution in [3.63, 3.8) is 0 Å². The summed E-state index contributed by atoms with van der Waals surface area (Å²) >= 11 is 6.52. The van der Waals surface area contributed by atoms with E-state index in [-0.39, 0.29) is 0 Å². The van der Waals surface area contributed by atoms with Gasteiger partial charge >= 0.3 is 0 Å². The van der Waals surface area contributed by atoms with Gasteiger partial charge < -0.3 is 0 Å². The van der Waals surface area contributed by atoms with E-state index in [0.29, 0.717) is 23.5 Å². The summed E-state index contributed by atoms with van der Waals surface area (Å²) in [6.45, 7) is 0. The zero-order valence-corrected chi connectivity index (χ0v) is 9.15. The highest BCUT2D eigenvalue weighted by molar-refractivity contribution is 9.09. The van der Waals surface area contributed by atoms with Crippen LogP contribution in [0.2, 0.25) is 0 Å². The molecule has 2 nitrogen and oxygen atoms in total. The van der Waals surface area contributed by atoms with Crippen LogP contribution in [0.5, 0.6) is 0 Å². The molecule has 0 spiro atoms. The van der Waals surface area contributed by atoms with Crippen molar-refractivity contribution in [2.75, 3.05) is 10.7 Å². The molecule has 0 heterocycles. The largest absolute Gasteiger partial charge is 0.198 e. The Morgan fingerprint density at radius 2 is 1.73 bits per heavy atom. The van der Waals surface area contributed by atoms with Crippen molar-refractivity contribution < 1.29 is 0 Å². The lowest BCUT2D eigenvalue weighted by Gasteiger charge is -2.18. The van der Waals surface area contributed by atoms with Crippen molar-refractivity contribution in [3.05, 3.63) is 0 Å². The Kier molecular flexibility index (Phi) is 5.54. The lowest BCUT2D eigenvalue weighted by Crippen LogP contribution is -2.22. The Balaban J connectivity index is 4.11. The lowest BCUT2D eigenvalue weighted by molar-refractivity contribution is 0.486. The SMILES string of the molecule is N#CCCC(C#N)(CBr)CBr. The highest BCUT2D eigenvalue weighted by atomic mass is 79.9. The van der Waals surface area contributed by atoms with E-state index < -0.39 is 5.41 Å². The molecule has 0 rings (SSSR count). The minimum absolute atomic E-state index is 0.407. The first-order chi connectivity index (χ1) is 5.24. The van der Waals surface area contributed by atoms with Crippen molar-refractivity contribution in [2.24, 2.45) is 5.41 Å². The first-order valence-corrected chi connectivity index (χ1v) is 5.39. The van der Waals surface area contributed by atoms with E-state index in [4.69, 9.17) is 10.5 Å². The van der Waals surface area contributed by atoms with Gasteiger partial charge in [0, 0.05) is 17.1 Å². The van der Waals surface area contributed by atoms with E-state index in [9.17, 15) is 0 Å². The van der Waals surface area contributed by atoms with Crippen LogP contribution in [0.25, 0.3) is 0 Å². The normalized spacial score (nSPS) is 10.2. The van der Waals surface area contributed by atoms with Crippen LogP contribution < -0.4 is 0 Å². The van der Waals surface area contributed by atoms with Gasteiger partial charge in [0.25, 0.3) is 0 Å². The molecule has 0 bridgehead atoms. The van der Waals surface area contributed by atoms with E-state index in [1.165, 1.54) is 0 Å². The minimum atomic E-state index is -0.407. The maximum absolute atomic E-state index is 8.78. The number of rotatable bonds is 4. The average Bonchev–Trinajstić information content (AvgIpc) is 2.08. The van der Waals surface area contributed by atoms with E-state index >= 15 is 0 Å². The van der Waals surface area contributed by atoms with Crippen LogP contribution in [0.4, 0.5) is 0 Å². The lowest BCUT2D eigenvalue weighted by atomic mass is 9.90. The summed E-state index contributed by atoms with van der Waals surface area (Å²) in [5.74, 6) is 0. The second-order valence-electron chi connectivity index (χ2n) is 2.32. The van der Waals surface area contributed by atoms with Gasteiger partial charge in [-0.3, -0.25) is 0 Å². The number of alkyl halides is 2. The highest BCUT2D eigenvalue weighted by Gasteiger charge is 2.26. The molecule has 60 valence electrons. The standard InChI is InChI=1S/C7H8Br2N2/c8-4-7(5-9,6-11)2-1-3-10/h1-2,4-5H2. The molecule has 0 aliphatic rings. The Labute approximate surface area is 83.4 Å². The fourth-order valence-corrected chi connectivity index (χ4v) is 2.32. The number of halogens is 2. The maximum atomic E-state index is 8.78. The van der Waals surface area contributed by atoms with Crippen molar-refractivity contribution in [3.8, 4) is 12.1 Å². The second kappa shape index (κ2) is 5.57. The van der Waals surface area contributed by atoms with Crippen molar-refractivity contribution in [1.82, 2.24) is 0 Å². The topological polar surface area (TPSA) is 47.6 Å². The zero-order chi connectivity index (χ0) is 8.74. The Morgan fingerprint density at radius 1 is 1.18 bits per heavy atom. The van der Waals surface area contributed by atoms with Crippen molar-refractivity contribution >= 4 is 31.9 Å². The molecule has 0 saturated carbocycles. The summed E-state index contributed by atoms with van der Waals surface area (Å²) in [7, 11) is 0. The quantitative estimate of drug-likeness (QED) is 0.743. The van der Waals surface area contributed by atoms with E-state index in [1.807, 2.05) is 6.07 Å². The fraction of sp³-hybridized carbons (Fsp3) is 0.714. The molecule has 0 aromatic heterocycles. The van der Waals surface area contributed by atoms with Crippen LogP contribution in [0.1, 0.15) is 12.8 Å². The molecular formula is C7H8Br2N2. The van der Waals surface area contributed by atoms with Gasteiger partial charge in [-0.15, -0.1) is 0 Å². The first-order valence-electron chi connectivity index (χ1n) is 3.15. The van der Waals surface area contributed by atoms with Crippen molar-refractivity contribution in [1.29, 1.82) is 10.5 Å². The molecular weight excluding hydrogens is 272 g/mol. The molecule has 4 heteroatoms.